The van der Waals surface area contributed by atoms with Gasteiger partial charge in [-0.2, -0.15) is 0 Å². The molecule has 1 unspecified atom stereocenters. The molecule has 1 aliphatic carbocycles. The van der Waals surface area contributed by atoms with Crippen molar-refractivity contribution in [1.82, 2.24) is 4.57 Å². The lowest BCUT2D eigenvalue weighted by molar-refractivity contribution is 0.786. The van der Waals surface area contributed by atoms with Gasteiger partial charge in [0.05, 0.1) is 5.69 Å². The smallest absolute Gasteiger partial charge is 0.0531 e. The van der Waals surface area contributed by atoms with Crippen molar-refractivity contribution >= 4 is 21.5 Å². The van der Waals surface area contributed by atoms with Crippen LogP contribution in [-0.4, -0.2) is 4.57 Å². The second-order valence-electron chi connectivity index (χ2n) is 12.8. The van der Waals surface area contributed by atoms with Gasteiger partial charge >= 0.3 is 0 Å². The molecule has 1 aromatic heterocycles. The van der Waals surface area contributed by atoms with Crippen LogP contribution in [0.4, 0.5) is 0 Å². The lowest BCUT2D eigenvalue weighted by atomic mass is 9.85. The Morgan fingerprint density at radius 3 is 1.59 bits per heavy atom. The molecular formula is C48H35N. The first-order chi connectivity index (χ1) is 24.3. The van der Waals surface area contributed by atoms with Crippen LogP contribution in [0.2, 0.25) is 0 Å². The molecular weight excluding hydrogens is 591 g/mol. The zero-order chi connectivity index (χ0) is 32.6. The monoisotopic (exact) mass is 625 g/mol. The summed E-state index contributed by atoms with van der Waals surface area (Å²) in [4.78, 5) is 0. The predicted octanol–water partition coefficient (Wildman–Crippen LogP) is 13.1. The minimum Gasteiger partial charge on any atom is -0.313 e. The standard InChI is InChI=1S/C48H35N/c1-5-15-34(16-6-1)35-25-27-39(28-26-35)48-42-24-14-13-23-41(42)47(38-21-11-4-12-22-38)43-30-29-40(33-44(43)48)49-45(36-17-7-2-8-18-36)31-32-46(49)37-19-9-3-10-20-37/h1-19,21-33,37H,20H2. The van der Waals surface area contributed by atoms with Gasteiger partial charge in [-0.1, -0.05) is 170 Å². The normalized spacial score (nSPS) is 14.1. The van der Waals surface area contributed by atoms with E-state index in [1.54, 1.807) is 0 Å². The fourth-order valence-electron chi connectivity index (χ4n) is 7.66. The zero-order valence-corrected chi connectivity index (χ0v) is 27.2. The third kappa shape index (κ3) is 5.21. The van der Waals surface area contributed by atoms with Crippen molar-refractivity contribution in [2.75, 3.05) is 0 Å². The Bertz CT molecular complexity index is 2480. The largest absolute Gasteiger partial charge is 0.313 e. The van der Waals surface area contributed by atoms with E-state index in [9.17, 15) is 0 Å². The number of hydrogen-bond acceptors (Lipinski definition) is 0. The summed E-state index contributed by atoms with van der Waals surface area (Å²) < 4.78 is 2.49. The van der Waals surface area contributed by atoms with Gasteiger partial charge in [-0.15, -0.1) is 0 Å². The number of benzene rings is 7. The van der Waals surface area contributed by atoms with Crippen LogP contribution in [0.1, 0.15) is 18.0 Å². The highest BCUT2D eigenvalue weighted by molar-refractivity contribution is 6.21. The first kappa shape index (κ1) is 29.0. The zero-order valence-electron chi connectivity index (χ0n) is 27.2. The van der Waals surface area contributed by atoms with E-state index in [0.717, 1.165) is 6.42 Å². The lowest BCUT2D eigenvalue weighted by Gasteiger charge is -2.22. The number of rotatable bonds is 6. The van der Waals surface area contributed by atoms with Crippen LogP contribution >= 0.6 is 0 Å². The summed E-state index contributed by atoms with van der Waals surface area (Å²) in [5.41, 5.74) is 12.3. The average Bonchev–Trinajstić information content (AvgIpc) is 3.64. The molecule has 1 aliphatic rings. The average molecular weight is 626 g/mol. The Kier molecular flexibility index (Phi) is 7.37. The maximum absolute atomic E-state index is 2.49. The fraction of sp³-hybridized carbons (Fsp3) is 0.0417. The Labute approximate surface area is 287 Å². The van der Waals surface area contributed by atoms with Gasteiger partial charge in [-0.25, -0.2) is 0 Å². The third-order valence-corrected chi connectivity index (χ3v) is 9.95. The summed E-state index contributed by atoms with van der Waals surface area (Å²) in [6.45, 7) is 0. The van der Waals surface area contributed by atoms with Crippen molar-refractivity contribution in [3.8, 4) is 50.3 Å². The fourth-order valence-corrected chi connectivity index (χ4v) is 7.66. The van der Waals surface area contributed by atoms with E-state index in [2.05, 4.69) is 199 Å². The Morgan fingerprint density at radius 2 is 0.939 bits per heavy atom. The highest BCUT2D eigenvalue weighted by atomic mass is 15.0. The Balaban J connectivity index is 1.34. The molecule has 0 bridgehead atoms. The van der Waals surface area contributed by atoms with Gasteiger partial charge in [-0.05, 0) is 91.2 Å². The molecule has 0 radical (unpaired) electrons. The molecule has 1 heterocycles. The van der Waals surface area contributed by atoms with Gasteiger partial charge in [0, 0.05) is 17.3 Å². The molecule has 0 fully saturated rings. The van der Waals surface area contributed by atoms with Crippen LogP contribution < -0.4 is 0 Å². The lowest BCUT2D eigenvalue weighted by Crippen LogP contribution is -2.07. The molecule has 232 valence electrons. The van der Waals surface area contributed by atoms with Gasteiger partial charge in [0.2, 0.25) is 0 Å². The Hall–Kier alpha value is -6.18. The number of allylic oxidation sites excluding steroid dienone is 4. The molecule has 1 atom stereocenters. The molecule has 9 rings (SSSR count). The van der Waals surface area contributed by atoms with E-state index in [4.69, 9.17) is 0 Å². The first-order valence-corrected chi connectivity index (χ1v) is 17.1. The molecule has 0 saturated heterocycles. The number of aromatic nitrogens is 1. The molecule has 0 amide bonds. The van der Waals surface area contributed by atoms with E-state index in [1.165, 1.54) is 77.6 Å². The van der Waals surface area contributed by atoms with Crippen LogP contribution in [-0.2, 0) is 0 Å². The molecule has 0 N–H and O–H groups in total. The van der Waals surface area contributed by atoms with Crippen molar-refractivity contribution in [2.24, 2.45) is 0 Å². The maximum atomic E-state index is 2.49. The topological polar surface area (TPSA) is 4.93 Å². The summed E-state index contributed by atoms with van der Waals surface area (Å²) in [5, 5.41) is 5.03. The molecule has 0 saturated carbocycles. The number of hydrogen-bond donors (Lipinski definition) is 0. The van der Waals surface area contributed by atoms with Crippen molar-refractivity contribution in [1.29, 1.82) is 0 Å². The van der Waals surface area contributed by atoms with Crippen molar-refractivity contribution in [3.05, 3.63) is 200 Å². The van der Waals surface area contributed by atoms with Crippen molar-refractivity contribution in [2.45, 2.75) is 12.3 Å². The highest BCUT2D eigenvalue weighted by Crippen LogP contribution is 2.45. The second kappa shape index (κ2) is 12.4. The quantitative estimate of drug-likeness (QED) is 0.162. The SMILES string of the molecule is C1=CCC(c2ccc(-c3ccccc3)n2-c2ccc3c(-c4ccccc4)c4ccccc4c(-c4ccc(-c5ccccc5)cc4)c3c2)C=C1. The summed E-state index contributed by atoms with van der Waals surface area (Å²) in [6, 6.07) is 62.1. The maximum Gasteiger partial charge on any atom is 0.0531 e. The van der Waals surface area contributed by atoms with E-state index in [-0.39, 0.29) is 0 Å². The molecule has 1 heteroatoms. The molecule has 8 aromatic rings. The summed E-state index contributed by atoms with van der Waals surface area (Å²) in [5.74, 6) is 0.305. The molecule has 1 nitrogen and oxygen atoms in total. The van der Waals surface area contributed by atoms with Crippen molar-refractivity contribution in [3.63, 3.8) is 0 Å². The molecule has 0 spiro atoms. The highest BCUT2D eigenvalue weighted by Gasteiger charge is 2.21. The van der Waals surface area contributed by atoms with E-state index in [1.807, 2.05) is 0 Å². The summed E-state index contributed by atoms with van der Waals surface area (Å²) in [6.07, 6.45) is 9.94. The van der Waals surface area contributed by atoms with Crippen molar-refractivity contribution < 1.29 is 0 Å². The summed E-state index contributed by atoms with van der Waals surface area (Å²) >= 11 is 0. The number of fused-ring (bicyclic) bond motifs is 2. The van der Waals surface area contributed by atoms with Gasteiger partial charge in [0.15, 0.2) is 0 Å². The van der Waals surface area contributed by atoms with Crippen LogP contribution in [0.3, 0.4) is 0 Å². The van der Waals surface area contributed by atoms with E-state index >= 15 is 0 Å². The van der Waals surface area contributed by atoms with Crippen LogP contribution in [0, 0.1) is 0 Å². The molecule has 49 heavy (non-hydrogen) atoms. The third-order valence-electron chi connectivity index (χ3n) is 9.95. The Morgan fingerprint density at radius 1 is 0.408 bits per heavy atom. The second-order valence-corrected chi connectivity index (χ2v) is 12.8. The first-order valence-electron chi connectivity index (χ1n) is 17.1. The number of nitrogens with zero attached hydrogens (tertiary/aromatic N) is 1. The van der Waals surface area contributed by atoms with E-state index < -0.39 is 0 Å². The summed E-state index contributed by atoms with van der Waals surface area (Å²) in [7, 11) is 0. The van der Waals surface area contributed by atoms with Gasteiger partial charge in [0.1, 0.15) is 0 Å². The van der Waals surface area contributed by atoms with E-state index in [0.29, 0.717) is 5.92 Å². The van der Waals surface area contributed by atoms with Crippen LogP contribution in [0.25, 0.3) is 71.9 Å². The van der Waals surface area contributed by atoms with Gasteiger partial charge in [-0.3, -0.25) is 0 Å². The molecule has 0 aliphatic heterocycles. The minimum atomic E-state index is 0.305. The molecule has 7 aromatic carbocycles. The van der Waals surface area contributed by atoms with Gasteiger partial charge in [0.25, 0.3) is 0 Å². The predicted molar refractivity (Wildman–Crippen MR) is 208 cm³/mol. The van der Waals surface area contributed by atoms with Gasteiger partial charge < -0.3 is 4.57 Å². The van der Waals surface area contributed by atoms with Crippen LogP contribution in [0.5, 0.6) is 0 Å². The van der Waals surface area contributed by atoms with Crippen LogP contribution in [0.15, 0.2) is 194 Å². The minimum absolute atomic E-state index is 0.305.